The number of hydrogen-bond donors (Lipinski definition) is 1. The summed E-state index contributed by atoms with van der Waals surface area (Å²) in [5, 5.41) is 2.73. The molecule has 0 bridgehead atoms. The first-order valence-electron chi connectivity index (χ1n) is 5.86. The summed E-state index contributed by atoms with van der Waals surface area (Å²) in [4.78, 5) is 11.9. The molecule has 1 aromatic rings. The van der Waals surface area contributed by atoms with E-state index in [1.165, 1.54) is 0 Å². The van der Waals surface area contributed by atoms with Crippen molar-refractivity contribution in [3.8, 4) is 11.5 Å². The Morgan fingerprint density at radius 3 is 3.20 bits per heavy atom. The number of nitrogens with one attached hydrogen (secondary N) is 1. The van der Waals surface area contributed by atoms with Crippen LogP contribution in [0.3, 0.4) is 0 Å². The SMILES string of the molecule is [2H]CN[C@@H](C)C(=O)c1ccc2c(c1)OC([2H])O2. The van der Waals surface area contributed by atoms with E-state index in [0.717, 1.165) is 0 Å². The summed E-state index contributed by atoms with van der Waals surface area (Å²) in [6.45, 7) is 0.647. The van der Waals surface area contributed by atoms with E-state index in [-0.39, 0.29) is 12.8 Å². The van der Waals surface area contributed by atoms with Crippen molar-refractivity contribution in [2.75, 3.05) is 13.8 Å². The predicted octanol–water partition coefficient (Wildman–Crippen LogP) is 1.21. The van der Waals surface area contributed by atoms with Crippen molar-refractivity contribution < 1.29 is 17.0 Å². The van der Waals surface area contributed by atoms with Crippen LogP contribution in [-0.4, -0.2) is 25.6 Å². The number of rotatable bonds is 3. The number of likely N-dealkylation sites (N-methyl/N-ethyl adjacent to an activating group) is 1. The number of benzene rings is 1. The molecule has 0 aromatic heterocycles. The van der Waals surface area contributed by atoms with Crippen molar-refractivity contribution in [1.29, 1.82) is 0 Å². The summed E-state index contributed by atoms with van der Waals surface area (Å²) in [5.74, 6) is 0.772. The van der Waals surface area contributed by atoms with Gasteiger partial charge in [0.15, 0.2) is 17.3 Å². The monoisotopic (exact) mass is 209 g/mol. The first-order valence-corrected chi connectivity index (χ1v) is 4.58. The topological polar surface area (TPSA) is 47.6 Å². The van der Waals surface area contributed by atoms with E-state index in [2.05, 4.69) is 5.32 Å². The van der Waals surface area contributed by atoms with E-state index in [4.69, 9.17) is 12.2 Å². The Bertz CT molecular complexity index is 439. The van der Waals surface area contributed by atoms with Gasteiger partial charge in [-0.2, -0.15) is 0 Å². The minimum Gasteiger partial charge on any atom is -0.454 e. The van der Waals surface area contributed by atoms with Crippen molar-refractivity contribution in [2.24, 2.45) is 0 Å². The molecule has 0 radical (unpaired) electrons. The van der Waals surface area contributed by atoms with Gasteiger partial charge >= 0.3 is 0 Å². The minimum atomic E-state index is -1.06. The van der Waals surface area contributed by atoms with E-state index in [9.17, 15) is 4.79 Å². The zero-order chi connectivity index (χ0) is 12.4. The zero-order valence-corrected chi connectivity index (χ0v) is 8.32. The summed E-state index contributed by atoms with van der Waals surface area (Å²) >= 11 is 0. The van der Waals surface area contributed by atoms with Crippen LogP contribution >= 0.6 is 0 Å². The smallest absolute Gasteiger partial charge is 0.231 e. The van der Waals surface area contributed by atoms with Gasteiger partial charge in [0.2, 0.25) is 6.77 Å². The maximum absolute atomic E-state index is 11.9. The quantitative estimate of drug-likeness (QED) is 0.760. The molecule has 1 aliphatic rings. The average molecular weight is 209 g/mol. The first kappa shape index (κ1) is 7.70. The van der Waals surface area contributed by atoms with E-state index >= 15 is 0 Å². The number of carbonyl (C=O) groups is 1. The largest absolute Gasteiger partial charge is 0.454 e. The van der Waals surface area contributed by atoms with Crippen LogP contribution in [0.25, 0.3) is 0 Å². The van der Waals surface area contributed by atoms with Crippen molar-refractivity contribution in [3.63, 3.8) is 0 Å². The van der Waals surface area contributed by atoms with Crippen molar-refractivity contribution in [3.05, 3.63) is 23.8 Å². The molecule has 2 rings (SSSR count). The van der Waals surface area contributed by atoms with Crippen LogP contribution in [0.15, 0.2) is 18.2 Å². The molecule has 0 spiro atoms. The highest BCUT2D eigenvalue weighted by atomic mass is 16.7. The van der Waals surface area contributed by atoms with Crippen molar-refractivity contribution in [2.45, 2.75) is 13.0 Å². The molecule has 0 fully saturated rings. The highest BCUT2D eigenvalue weighted by Gasteiger charge is 2.18. The lowest BCUT2D eigenvalue weighted by Gasteiger charge is -2.09. The molecule has 15 heavy (non-hydrogen) atoms. The summed E-state index contributed by atoms with van der Waals surface area (Å²) in [5.41, 5.74) is 0.481. The van der Waals surface area contributed by atoms with E-state index < -0.39 is 12.8 Å². The fourth-order valence-corrected chi connectivity index (χ4v) is 1.32. The minimum absolute atomic E-state index is 0.00769. The standard InChI is InChI=1S/C11H13NO3/c1-7(12-2)11(13)8-3-4-9-10(5-8)15-6-14-9/h3-5,7,12H,6H2,1-2H3/t7-/m0/s1/i2D,6D/t6?,7-. The lowest BCUT2D eigenvalue weighted by Crippen LogP contribution is -2.30. The highest BCUT2D eigenvalue weighted by Crippen LogP contribution is 2.32. The average Bonchev–Trinajstić information content (AvgIpc) is 2.67. The van der Waals surface area contributed by atoms with Gasteiger partial charge in [-0.05, 0) is 32.1 Å². The molecule has 1 unspecified atom stereocenters. The molecule has 0 aliphatic carbocycles. The van der Waals surface area contributed by atoms with E-state index in [1.54, 1.807) is 25.1 Å². The van der Waals surface area contributed by atoms with E-state index in [0.29, 0.717) is 17.1 Å². The van der Waals surface area contributed by atoms with Crippen LogP contribution in [0, 0.1) is 0 Å². The molecule has 0 saturated carbocycles. The Kier molecular flexibility index (Phi) is 2.00. The second-order valence-electron chi connectivity index (χ2n) is 3.28. The number of ether oxygens (including phenoxy) is 2. The molecule has 0 amide bonds. The van der Waals surface area contributed by atoms with Gasteiger partial charge in [0.05, 0.1) is 6.04 Å². The Morgan fingerprint density at radius 1 is 1.60 bits per heavy atom. The van der Waals surface area contributed by atoms with Gasteiger partial charge in [-0.3, -0.25) is 4.79 Å². The summed E-state index contributed by atoms with van der Waals surface area (Å²) in [6.07, 6.45) is 0. The fourth-order valence-electron chi connectivity index (χ4n) is 1.32. The second kappa shape index (κ2) is 3.90. The molecule has 4 heteroatoms. The summed E-state index contributed by atoms with van der Waals surface area (Å²) < 4.78 is 24.4. The predicted molar refractivity (Wildman–Crippen MR) is 55.4 cm³/mol. The molecule has 4 nitrogen and oxygen atoms in total. The maximum atomic E-state index is 11.9. The third kappa shape index (κ3) is 1.80. The number of ketones is 1. The molecule has 1 aliphatic heterocycles. The molecule has 0 saturated heterocycles. The van der Waals surface area contributed by atoms with Gasteiger partial charge in [0.25, 0.3) is 0 Å². The molecule has 2 atom stereocenters. The van der Waals surface area contributed by atoms with Gasteiger partial charge in [-0.15, -0.1) is 0 Å². The van der Waals surface area contributed by atoms with Crippen molar-refractivity contribution >= 4 is 5.78 Å². The van der Waals surface area contributed by atoms with Crippen molar-refractivity contribution in [1.82, 2.24) is 5.32 Å². The highest BCUT2D eigenvalue weighted by molar-refractivity contribution is 6.00. The van der Waals surface area contributed by atoms with Crippen LogP contribution in [0.1, 0.15) is 20.0 Å². The third-order valence-corrected chi connectivity index (χ3v) is 2.28. The maximum Gasteiger partial charge on any atom is 0.231 e. The molecule has 80 valence electrons. The Balaban J connectivity index is 2.18. The lowest BCUT2D eigenvalue weighted by molar-refractivity contribution is 0.0954. The molecular weight excluding hydrogens is 194 g/mol. The lowest BCUT2D eigenvalue weighted by atomic mass is 10.1. The number of Topliss-reactive ketones (excluding diaryl/α,β-unsaturated/α-hetero) is 1. The Labute approximate surface area is 91.0 Å². The Hall–Kier alpha value is -1.55. The van der Waals surface area contributed by atoms with Crippen LogP contribution in [0.4, 0.5) is 0 Å². The normalized spacial score (nSPS) is 21.8. The molecule has 1 aromatic carbocycles. The van der Waals surface area contributed by atoms with Gasteiger partial charge in [-0.25, -0.2) is 0 Å². The third-order valence-electron chi connectivity index (χ3n) is 2.28. The molecule has 1 heterocycles. The Morgan fingerprint density at radius 2 is 2.40 bits per heavy atom. The number of carbonyl (C=O) groups excluding carboxylic acids is 1. The van der Waals surface area contributed by atoms with Crippen LogP contribution in [-0.2, 0) is 0 Å². The fraction of sp³-hybridized carbons (Fsp3) is 0.364. The summed E-state index contributed by atoms with van der Waals surface area (Å²) in [7, 11) is -0.00769. The second-order valence-corrected chi connectivity index (χ2v) is 3.28. The zero-order valence-electron chi connectivity index (χ0n) is 10.3. The number of hydrogen-bond acceptors (Lipinski definition) is 4. The first-order chi connectivity index (χ1) is 8.11. The van der Waals surface area contributed by atoms with Gasteiger partial charge < -0.3 is 14.8 Å². The number of fused-ring (bicyclic) bond motifs is 1. The molecule has 1 N–H and O–H groups in total. The van der Waals surface area contributed by atoms with Crippen LogP contribution in [0.2, 0.25) is 0 Å². The van der Waals surface area contributed by atoms with Gasteiger partial charge in [-0.1, -0.05) is 0 Å². The van der Waals surface area contributed by atoms with Gasteiger partial charge in [0, 0.05) is 6.93 Å². The van der Waals surface area contributed by atoms with E-state index in [1.807, 2.05) is 0 Å². The summed E-state index contributed by atoms with van der Waals surface area (Å²) in [6, 6.07) is 4.39. The van der Waals surface area contributed by atoms with Crippen LogP contribution in [0.5, 0.6) is 11.5 Å². The molecular formula is C11H13NO3. The van der Waals surface area contributed by atoms with Crippen LogP contribution < -0.4 is 14.8 Å². The van der Waals surface area contributed by atoms with Gasteiger partial charge in [0.1, 0.15) is 1.37 Å².